The van der Waals surface area contributed by atoms with Crippen molar-refractivity contribution >= 4 is 17.3 Å². The first kappa shape index (κ1) is 8.45. The maximum atomic E-state index is 7.42. The van der Waals surface area contributed by atoms with E-state index in [4.69, 9.17) is 11.1 Å². The first-order chi connectivity index (χ1) is 5.66. The molecule has 1 rings (SSSR count). The van der Waals surface area contributed by atoms with Crippen LogP contribution in [0.1, 0.15) is 12.5 Å². The average Bonchev–Trinajstić information content (AvgIpc) is 2.03. The molecule has 0 aliphatic carbocycles. The normalized spacial score (nSPS) is 9.50. The Bertz CT molecular complexity index is 307. The molecule has 0 aliphatic heterocycles. The molecule has 0 saturated heterocycles. The summed E-state index contributed by atoms with van der Waals surface area (Å²) < 4.78 is 0. The average molecular weight is 165 g/mol. The molecule has 12 heavy (non-hydrogen) atoms. The van der Waals surface area contributed by atoms with E-state index in [0.717, 1.165) is 0 Å². The van der Waals surface area contributed by atoms with Crippen molar-refractivity contribution in [1.29, 1.82) is 5.41 Å². The van der Waals surface area contributed by atoms with Crippen molar-refractivity contribution in [2.75, 3.05) is 18.1 Å². The lowest BCUT2D eigenvalue weighted by atomic mass is 10.2. The third-order valence-corrected chi connectivity index (χ3v) is 1.49. The zero-order valence-electron chi connectivity index (χ0n) is 7.05. The number of aromatic nitrogens is 2. The summed E-state index contributed by atoms with van der Waals surface area (Å²) in [6, 6.07) is 0. The Morgan fingerprint density at radius 2 is 2.25 bits per heavy atom. The molecule has 0 spiro atoms. The highest BCUT2D eigenvalue weighted by atomic mass is 15.0. The molecule has 0 unspecified atom stereocenters. The molecule has 5 nitrogen and oxygen atoms in total. The lowest BCUT2D eigenvalue weighted by Gasteiger charge is -2.07. The first-order valence-corrected chi connectivity index (χ1v) is 3.50. The molecule has 64 valence electrons. The van der Waals surface area contributed by atoms with Crippen molar-refractivity contribution in [3.05, 3.63) is 11.9 Å². The Hall–Kier alpha value is -1.65. The van der Waals surface area contributed by atoms with Gasteiger partial charge in [0, 0.05) is 12.8 Å². The highest BCUT2D eigenvalue weighted by Gasteiger charge is 2.08. The van der Waals surface area contributed by atoms with Gasteiger partial charge in [0.2, 0.25) is 0 Å². The number of rotatable bonds is 2. The van der Waals surface area contributed by atoms with E-state index in [1.165, 1.54) is 6.33 Å². The molecule has 0 aliphatic rings. The number of nitrogens with one attached hydrogen (secondary N) is 2. The standard InChI is InChI=1S/C7H11N5/c1-4(8)5-6(9)11-3-12-7(5)10-2/h3,8H,1-2H3,(H3,9,10,11,12). The van der Waals surface area contributed by atoms with E-state index < -0.39 is 0 Å². The maximum Gasteiger partial charge on any atom is 0.140 e. The number of nitrogens with zero attached hydrogens (tertiary/aromatic N) is 2. The van der Waals surface area contributed by atoms with Crippen LogP contribution in [0.4, 0.5) is 11.6 Å². The lowest BCUT2D eigenvalue weighted by molar-refractivity contribution is 1.15. The summed E-state index contributed by atoms with van der Waals surface area (Å²) in [7, 11) is 1.73. The molecule has 0 bridgehead atoms. The smallest absolute Gasteiger partial charge is 0.140 e. The summed E-state index contributed by atoms with van der Waals surface area (Å²) in [5, 5.41) is 10.3. The van der Waals surface area contributed by atoms with Crippen LogP contribution in [0.25, 0.3) is 0 Å². The molecule has 0 fully saturated rings. The second-order valence-corrected chi connectivity index (χ2v) is 2.36. The largest absolute Gasteiger partial charge is 0.383 e. The van der Waals surface area contributed by atoms with E-state index in [9.17, 15) is 0 Å². The van der Waals surface area contributed by atoms with Gasteiger partial charge in [-0.15, -0.1) is 0 Å². The van der Waals surface area contributed by atoms with Gasteiger partial charge >= 0.3 is 0 Å². The van der Waals surface area contributed by atoms with Gasteiger partial charge in [0.15, 0.2) is 0 Å². The molecule has 0 saturated carbocycles. The highest BCUT2D eigenvalue weighted by Crippen LogP contribution is 2.16. The quantitative estimate of drug-likeness (QED) is 0.556. The Morgan fingerprint density at radius 3 is 2.67 bits per heavy atom. The molecule has 1 aromatic heterocycles. The topological polar surface area (TPSA) is 87.7 Å². The minimum Gasteiger partial charge on any atom is -0.383 e. The van der Waals surface area contributed by atoms with E-state index in [0.29, 0.717) is 22.9 Å². The summed E-state index contributed by atoms with van der Waals surface area (Å²) in [5.74, 6) is 0.928. The van der Waals surface area contributed by atoms with Crippen molar-refractivity contribution in [3.63, 3.8) is 0 Å². The second-order valence-electron chi connectivity index (χ2n) is 2.36. The maximum absolute atomic E-state index is 7.42. The molecule has 0 atom stereocenters. The second kappa shape index (κ2) is 3.17. The number of nitrogens with two attached hydrogens (primary N) is 1. The third kappa shape index (κ3) is 1.34. The summed E-state index contributed by atoms with van der Waals surface area (Å²) >= 11 is 0. The highest BCUT2D eigenvalue weighted by molar-refractivity contribution is 6.04. The van der Waals surface area contributed by atoms with Crippen molar-refractivity contribution in [1.82, 2.24) is 9.97 Å². The SMILES string of the molecule is CNc1ncnc(N)c1C(C)=N. The molecule has 0 amide bonds. The summed E-state index contributed by atoms with van der Waals surface area (Å²) in [4.78, 5) is 7.73. The number of hydrogen-bond donors (Lipinski definition) is 3. The lowest BCUT2D eigenvalue weighted by Crippen LogP contribution is -2.08. The first-order valence-electron chi connectivity index (χ1n) is 3.50. The Kier molecular flexibility index (Phi) is 2.23. The van der Waals surface area contributed by atoms with Crippen molar-refractivity contribution < 1.29 is 0 Å². The molecule has 5 heteroatoms. The van der Waals surface area contributed by atoms with Crippen molar-refractivity contribution in [3.8, 4) is 0 Å². The minimum absolute atomic E-state index is 0.335. The number of nitrogen functional groups attached to an aromatic ring is 1. The van der Waals surface area contributed by atoms with Crippen LogP contribution in [-0.2, 0) is 0 Å². The Balaban J connectivity index is 3.29. The Morgan fingerprint density at radius 1 is 1.58 bits per heavy atom. The van der Waals surface area contributed by atoms with Gasteiger partial charge in [-0.25, -0.2) is 9.97 Å². The van der Waals surface area contributed by atoms with Gasteiger partial charge < -0.3 is 16.5 Å². The molecule has 0 radical (unpaired) electrons. The van der Waals surface area contributed by atoms with Gasteiger partial charge in [-0.2, -0.15) is 0 Å². The molecule has 1 aromatic rings. The van der Waals surface area contributed by atoms with E-state index in [1.54, 1.807) is 14.0 Å². The van der Waals surface area contributed by atoms with E-state index in [-0.39, 0.29) is 0 Å². The van der Waals surface area contributed by atoms with Gasteiger partial charge in [-0.1, -0.05) is 0 Å². The third-order valence-electron chi connectivity index (χ3n) is 1.49. The molecule has 4 N–H and O–H groups in total. The van der Waals surface area contributed by atoms with Crippen LogP contribution < -0.4 is 11.1 Å². The monoisotopic (exact) mass is 165 g/mol. The molecular formula is C7H11N5. The van der Waals surface area contributed by atoms with E-state index in [2.05, 4.69) is 15.3 Å². The number of hydrogen-bond acceptors (Lipinski definition) is 5. The van der Waals surface area contributed by atoms with Crippen LogP contribution in [0.15, 0.2) is 6.33 Å². The summed E-state index contributed by atoms with van der Waals surface area (Å²) in [5.41, 5.74) is 6.49. The number of anilines is 2. The van der Waals surface area contributed by atoms with Crippen LogP contribution in [0.5, 0.6) is 0 Å². The molecule has 1 heterocycles. The fourth-order valence-electron chi connectivity index (χ4n) is 0.958. The predicted octanol–water partition coefficient (Wildman–Crippen LogP) is 0.488. The zero-order chi connectivity index (χ0) is 9.14. The van der Waals surface area contributed by atoms with Gasteiger partial charge in [0.05, 0.1) is 5.56 Å². The molecular weight excluding hydrogens is 154 g/mol. The van der Waals surface area contributed by atoms with Crippen LogP contribution >= 0.6 is 0 Å². The summed E-state index contributed by atoms with van der Waals surface area (Å²) in [6.07, 6.45) is 1.37. The van der Waals surface area contributed by atoms with Crippen LogP contribution in [0.3, 0.4) is 0 Å². The van der Waals surface area contributed by atoms with Gasteiger partial charge in [0.25, 0.3) is 0 Å². The fraction of sp³-hybridized carbons (Fsp3) is 0.286. The van der Waals surface area contributed by atoms with Crippen LogP contribution in [0.2, 0.25) is 0 Å². The minimum atomic E-state index is 0.335. The van der Waals surface area contributed by atoms with Crippen LogP contribution in [-0.4, -0.2) is 22.7 Å². The van der Waals surface area contributed by atoms with Gasteiger partial charge in [0.1, 0.15) is 18.0 Å². The fourth-order valence-corrected chi connectivity index (χ4v) is 0.958. The van der Waals surface area contributed by atoms with E-state index >= 15 is 0 Å². The summed E-state index contributed by atoms with van der Waals surface area (Å²) in [6.45, 7) is 1.65. The van der Waals surface area contributed by atoms with Crippen molar-refractivity contribution in [2.24, 2.45) is 0 Å². The van der Waals surface area contributed by atoms with E-state index in [1.807, 2.05) is 0 Å². The predicted molar refractivity (Wildman–Crippen MR) is 48.5 cm³/mol. The Labute approximate surface area is 70.5 Å². The van der Waals surface area contributed by atoms with Crippen LogP contribution in [0, 0.1) is 5.41 Å². The molecule has 0 aromatic carbocycles. The van der Waals surface area contributed by atoms with Gasteiger partial charge in [-0.3, -0.25) is 0 Å². The van der Waals surface area contributed by atoms with Crippen molar-refractivity contribution in [2.45, 2.75) is 6.92 Å². The van der Waals surface area contributed by atoms with Gasteiger partial charge in [-0.05, 0) is 6.92 Å². The zero-order valence-corrected chi connectivity index (χ0v) is 7.05.